The highest BCUT2D eigenvalue weighted by Gasteiger charge is 2.25. The van der Waals surface area contributed by atoms with E-state index in [1.807, 2.05) is 41.6 Å². The number of nitrogens with zero attached hydrogens (tertiary/aromatic N) is 4. The van der Waals surface area contributed by atoms with Gasteiger partial charge in [-0.1, -0.05) is 6.92 Å². The first-order valence-corrected chi connectivity index (χ1v) is 7.99. The Balaban J connectivity index is 1.67. The van der Waals surface area contributed by atoms with E-state index >= 15 is 0 Å². The summed E-state index contributed by atoms with van der Waals surface area (Å²) in [5.41, 5.74) is 2.03. The number of hydrogen-bond donors (Lipinski definition) is 0. The van der Waals surface area contributed by atoms with Crippen molar-refractivity contribution in [2.75, 3.05) is 19.7 Å². The van der Waals surface area contributed by atoms with E-state index in [2.05, 4.69) is 9.97 Å². The lowest BCUT2D eigenvalue weighted by molar-refractivity contribution is -0.139. The lowest BCUT2D eigenvalue weighted by atomic mass is 10.1. The average molecular weight is 314 g/mol. The minimum absolute atomic E-state index is 0.0807. The standard InChI is InChI=1S/C17H22N4O2/c1-3-16-19-6-7-20(16)12-17(22)21-8-9-23-15(11-21)14-4-5-18-13(2)10-14/h4-7,10,15H,3,8-9,11-12H2,1-2H3. The van der Waals surface area contributed by atoms with Crippen molar-refractivity contribution in [1.29, 1.82) is 0 Å². The summed E-state index contributed by atoms with van der Waals surface area (Å²) in [4.78, 5) is 22.9. The zero-order valence-corrected chi connectivity index (χ0v) is 13.6. The van der Waals surface area contributed by atoms with Crippen molar-refractivity contribution in [3.63, 3.8) is 0 Å². The molecule has 23 heavy (non-hydrogen) atoms. The Bertz CT molecular complexity index is 683. The van der Waals surface area contributed by atoms with Crippen LogP contribution in [0.5, 0.6) is 0 Å². The maximum Gasteiger partial charge on any atom is 0.242 e. The molecule has 0 radical (unpaired) electrons. The van der Waals surface area contributed by atoms with Crippen molar-refractivity contribution >= 4 is 5.91 Å². The van der Waals surface area contributed by atoms with Gasteiger partial charge in [0.15, 0.2) is 0 Å². The van der Waals surface area contributed by atoms with Gasteiger partial charge in [-0.3, -0.25) is 9.78 Å². The second-order valence-corrected chi connectivity index (χ2v) is 5.75. The second kappa shape index (κ2) is 6.91. The van der Waals surface area contributed by atoms with Gasteiger partial charge >= 0.3 is 0 Å². The van der Waals surface area contributed by atoms with E-state index in [0.29, 0.717) is 26.2 Å². The second-order valence-electron chi connectivity index (χ2n) is 5.75. The van der Waals surface area contributed by atoms with Crippen LogP contribution < -0.4 is 0 Å². The number of morpholine rings is 1. The Labute approximate surface area is 136 Å². The summed E-state index contributed by atoms with van der Waals surface area (Å²) < 4.78 is 7.76. The van der Waals surface area contributed by atoms with Gasteiger partial charge in [-0.15, -0.1) is 0 Å². The zero-order chi connectivity index (χ0) is 16.2. The van der Waals surface area contributed by atoms with Crippen molar-refractivity contribution in [2.45, 2.75) is 32.9 Å². The van der Waals surface area contributed by atoms with Crippen LogP contribution in [0.2, 0.25) is 0 Å². The lowest BCUT2D eigenvalue weighted by Gasteiger charge is -2.33. The first kappa shape index (κ1) is 15.7. The van der Waals surface area contributed by atoms with Gasteiger partial charge in [0.25, 0.3) is 0 Å². The molecule has 0 aliphatic carbocycles. The van der Waals surface area contributed by atoms with Crippen LogP contribution in [0.25, 0.3) is 0 Å². The zero-order valence-electron chi connectivity index (χ0n) is 13.6. The Morgan fingerprint density at radius 3 is 3.04 bits per heavy atom. The number of amides is 1. The molecule has 3 rings (SSSR count). The Morgan fingerprint density at radius 1 is 1.39 bits per heavy atom. The van der Waals surface area contributed by atoms with Crippen molar-refractivity contribution < 1.29 is 9.53 Å². The average Bonchev–Trinajstić information content (AvgIpc) is 3.02. The van der Waals surface area contributed by atoms with Crippen LogP contribution >= 0.6 is 0 Å². The first-order valence-electron chi connectivity index (χ1n) is 7.99. The minimum Gasteiger partial charge on any atom is -0.370 e. The fraction of sp³-hybridized carbons (Fsp3) is 0.471. The van der Waals surface area contributed by atoms with Gasteiger partial charge in [-0.2, -0.15) is 0 Å². The van der Waals surface area contributed by atoms with Crippen LogP contribution in [0.4, 0.5) is 0 Å². The largest absolute Gasteiger partial charge is 0.370 e. The molecule has 122 valence electrons. The van der Waals surface area contributed by atoms with Gasteiger partial charge in [0, 0.05) is 37.3 Å². The molecule has 1 unspecified atom stereocenters. The molecule has 0 bridgehead atoms. The predicted octanol–water partition coefficient (Wildman–Crippen LogP) is 1.75. The Kier molecular flexibility index (Phi) is 4.71. The van der Waals surface area contributed by atoms with Crippen LogP contribution in [0.1, 0.15) is 30.1 Å². The van der Waals surface area contributed by atoms with Crippen LogP contribution in [0.3, 0.4) is 0 Å². The number of pyridine rings is 1. The van der Waals surface area contributed by atoms with Crippen molar-refractivity contribution in [1.82, 2.24) is 19.4 Å². The summed E-state index contributed by atoms with van der Waals surface area (Å²) in [6.45, 7) is 6.11. The molecule has 1 amide bonds. The highest BCUT2D eigenvalue weighted by Crippen LogP contribution is 2.22. The maximum absolute atomic E-state index is 12.6. The fourth-order valence-corrected chi connectivity index (χ4v) is 2.89. The molecule has 0 N–H and O–H groups in total. The topological polar surface area (TPSA) is 60.2 Å². The first-order chi connectivity index (χ1) is 11.2. The predicted molar refractivity (Wildman–Crippen MR) is 85.9 cm³/mol. The van der Waals surface area contributed by atoms with Crippen LogP contribution in [0, 0.1) is 6.92 Å². The van der Waals surface area contributed by atoms with Crippen LogP contribution in [0.15, 0.2) is 30.7 Å². The molecule has 0 spiro atoms. The molecule has 0 aromatic carbocycles. The molecule has 1 aliphatic heterocycles. The quantitative estimate of drug-likeness (QED) is 0.862. The van der Waals surface area contributed by atoms with Gasteiger partial charge in [0.1, 0.15) is 18.5 Å². The summed E-state index contributed by atoms with van der Waals surface area (Å²) in [6, 6.07) is 3.97. The molecule has 1 fully saturated rings. The number of rotatable bonds is 4. The molecule has 1 atom stereocenters. The van der Waals surface area contributed by atoms with Crippen LogP contribution in [-0.4, -0.2) is 45.0 Å². The third-order valence-electron chi connectivity index (χ3n) is 4.14. The van der Waals surface area contributed by atoms with Gasteiger partial charge in [0.2, 0.25) is 5.91 Å². The third kappa shape index (κ3) is 3.59. The number of imidazole rings is 1. The van der Waals surface area contributed by atoms with E-state index < -0.39 is 0 Å². The number of aromatic nitrogens is 3. The summed E-state index contributed by atoms with van der Waals surface area (Å²) in [5.74, 6) is 1.05. The molecule has 6 nitrogen and oxygen atoms in total. The summed E-state index contributed by atoms with van der Waals surface area (Å²) >= 11 is 0. The number of carbonyl (C=O) groups excluding carboxylic acids is 1. The van der Waals surface area contributed by atoms with Gasteiger partial charge in [-0.05, 0) is 24.6 Å². The van der Waals surface area contributed by atoms with Crippen LogP contribution in [-0.2, 0) is 22.5 Å². The molecule has 2 aromatic heterocycles. The Hall–Kier alpha value is -2.21. The van der Waals surface area contributed by atoms with Crippen molar-refractivity contribution in [3.8, 4) is 0 Å². The molecular formula is C17H22N4O2. The molecular weight excluding hydrogens is 292 g/mol. The maximum atomic E-state index is 12.6. The highest BCUT2D eigenvalue weighted by molar-refractivity contribution is 5.76. The van der Waals surface area contributed by atoms with E-state index in [9.17, 15) is 4.79 Å². The number of hydrogen-bond acceptors (Lipinski definition) is 4. The summed E-state index contributed by atoms with van der Waals surface area (Å²) in [5, 5.41) is 0. The number of carbonyl (C=O) groups is 1. The minimum atomic E-state index is -0.0807. The number of aryl methyl sites for hydroxylation is 2. The molecule has 6 heteroatoms. The SMILES string of the molecule is CCc1nccn1CC(=O)N1CCOC(c2ccnc(C)c2)C1. The van der Waals surface area contributed by atoms with Crippen molar-refractivity contribution in [2.24, 2.45) is 0 Å². The van der Waals surface area contributed by atoms with Gasteiger partial charge in [-0.25, -0.2) is 4.98 Å². The molecule has 0 saturated carbocycles. The molecule has 1 saturated heterocycles. The van der Waals surface area contributed by atoms with Gasteiger partial charge in [0.05, 0.1) is 13.2 Å². The van der Waals surface area contributed by atoms with E-state index in [4.69, 9.17) is 4.74 Å². The monoisotopic (exact) mass is 314 g/mol. The highest BCUT2D eigenvalue weighted by atomic mass is 16.5. The molecule has 2 aromatic rings. The van der Waals surface area contributed by atoms with E-state index in [1.165, 1.54) is 0 Å². The number of ether oxygens (including phenoxy) is 1. The summed E-state index contributed by atoms with van der Waals surface area (Å²) in [7, 11) is 0. The fourth-order valence-electron chi connectivity index (χ4n) is 2.89. The van der Waals surface area contributed by atoms with E-state index in [1.54, 1.807) is 12.4 Å². The lowest BCUT2D eigenvalue weighted by Crippen LogP contribution is -2.43. The van der Waals surface area contributed by atoms with E-state index in [0.717, 1.165) is 23.5 Å². The Morgan fingerprint density at radius 2 is 2.26 bits per heavy atom. The van der Waals surface area contributed by atoms with Crippen molar-refractivity contribution in [3.05, 3.63) is 47.8 Å². The normalized spacial score (nSPS) is 18.2. The van der Waals surface area contributed by atoms with E-state index in [-0.39, 0.29) is 12.0 Å². The molecule has 1 aliphatic rings. The third-order valence-corrected chi connectivity index (χ3v) is 4.14. The molecule has 3 heterocycles. The van der Waals surface area contributed by atoms with Gasteiger partial charge < -0.3 is 14.2 Å². The smallest absolute Gasteiger partial charge is 0.242 e. The summed E-state index contributed by atoms with van der Waals surface area (Å²) in [6.07, 6.45) is 6.13.